The van der Waals surface area contributed by atoms with Crippen LogP contribution < -0.4 is 5.32 Å². The van der Waals surface area contributed by atoms with Crippen LogP contribution in [0, 0.1) is 13.8 Å². The van der Waals surface area contributed by atoms with E-state index in [2.05, 4.69) is 76.9 Å². The fraction of sp³-hybridized carbons (Fsp3) is 0.556. The Hall–Kier alpha value is -1.51. The summed E-state index contributed by atoms with van der Waals surface area (Å²) in [6.45, 7) is 9.63. The van der Waals surface area contributed by atoms with Crippen LogP contribution in [0.3, 0.4) is 0 Å². The predicted molar refractivity (Wildman–Crippen MR) is 115 cm³/mol. The van der Waals surface area contributed by atoms with Gasteiger partial charge in [0.25, 0.3) is 0 Å². The maximum atomic E-state index is 4.76. The van der Waals surface area contributed by atoms with Gasteiger partial charge in [-0.3, -0.25) is 9.67 Å². The minimum absolute atomic E-state index is 0. The Kier molecular flexibility index (Phi) is 9.02. The molecule has 0 bridgehead atoms. The summed E-state index contributed by atoms with van der Waals surface area (Å²) in [5.41, 5.74) is 3.56. The first kappa shape index (κ1) is 21.5. The summed E-state index contributed by atoms with van der Waals surface area (Å²) in [5, 5.41) is 7.87. The van der Waals surface area contributed by atoms with Crippen molar-refractivity contribution in [2.75, 3.05) is 20.1 Å². The molecule has 0 aliphatic heterocycles. The van der Waals surface area contributed by atoms with E-state index >= 15 is 0 Å². The standard InChI is InChI=1S/C18H30N6.HI/c1-6-19-18(23(5)14-17-9-7-11-22(17)4)20-10-8-12-24-16(3)13-15(2)21-24;/h7,9,11,13H,6,8,10,12,14H2,1-5H3,(H,19,20);1H. The van der Waals surface area contributed by atoms with Gasteiger partial charge in [0.2, 0.25) is 0 Å². The molecule has 2 aromatic rings. The Balaban J connectivity index is 0.00000312. The Morgan fingerprint density at radius 1 is 1.36 bits per heavy atom. The second-order valence-corrected chi connectivity index (χ2v) is 6.21. The van der Waals surface area contributed by atoms with Crippen molar-refractivity contribution in [1.29, 1.82) is 0 Å². The molecule has 7 heteroatoms. The molecule has 25 heavy (non-hydrogen) atoms. The third-order valence-electron chi connectivity index (χ3n) is 4.04. The fourth-order valence-corrected chi connectivity index (χ4v) is 2.76. The number of hydrogen-bond acceptors (Lipinski definition) is 2. The number of rotatable bonds is 7. The van der Waals surface area contributed by atoms with Gasteiger partial charge in [0.05, 0.1) is 12.2 Å². The molecule has 0 fully saturated rings. The van der Waals surface area contributed by atoms with E-state index in [4.69, 9.17) is 4.99 Å². The molecule has 2 heterocycles. The van der Waals surface area contributed by atoms with Crippen LogP contribution in [0.1, 0.15) is 30.4 Å². The third-order valence-corrected chi connectivity index (χ3v) is 4.04. The number of hydrogen-bond donors (Lipinski definition) is 1. The van der Waals surface area contributed by atoms with Crippen molar-refractivity contribution >= 4 is 29.9 Å². The molecule has 0 saturated heterocycles. The monoisotopic (exact) mass is 458 g/mol. The molecule has 0 unspecified atom stereocenters. The van der Waals surface area contributed by atoms with Crippen molar-refractivity contribution in [3.8, 4) is 0 Å². The molecule has 0 aliphatic rings. The lowest BCUT2D eigenvalue weighted by molar-refractivity contribution is 0.460. The highest BCUT2D eigenvalue weighted by molar-refractivity contribution is 14.0. The van der Waals surface area contributed by atoms with E-state index < -0.39 is 0 Å². The average molecular weight is 458 g/mol. The molecule has 0 aromatic carbocycles. The summed E-state index contributed by atoms with van der Waals surface area (Å²) >= 11 is 0. The topological polar surface area (TPSA) is 50.4 Å². The molecule has 0 saturated carbocycles. The van der Waals surface area contributed by atoms with Crippen molar-refractivity contribution in [2.45, 2.75) is 40.3 Å². The summed E-state index contributed by atoms with van der Waals surface area (Å²) in [6, 6.07) is 6.32. The van der Waals surface area contributed by atoms with Gasteiger partial charge in [-0.25, -0.2) is 0 Å². The highest BCUT2D eigenvalue weighted by Gasteiger charge is 2.08. The normalized spacial score (nSPS) is 11.3. The lowest BCUT2D eigenvalue weighted by atomic mass is 10.4. The van der Waals surface area contributed by atoms with E-state index in [0.717, 1.165) is 44.3 Å². The third kappa shape index (κ3) is 6.37. The summed E-state index contributed by atoms with van der Waals surface area (Å²) in [4.78, 5) is 6.93. The van der Waals surface area contributed by atoms with Gasteiger partial charge in [-0.15, -0.1) is 24.0 Å². The average Bonchev–Trinajstić information content (AvgIpc) is 3.07. The molecule has 0 atom stereocenters. The minimum Gasteiger partial charge on any atom is -0.357 e. The van der Waals surface area contributed by atoms with Crippen LogP contribution >= 0.6 is 24.0 Å². The Labute approximate surface area is 168 Å². The minimum atomic E-state index is 0. The molecule has 140 valence electrons. The summed E-state index contributed by atoms with van der Waals surface area (Å²) < 4.78 is 4.20. The summed E-state index contributed by atoms with van der Waals surface area (Å²) in [6.07, 6.45) is 3.05. The number of nitrogens with one attached hydrogen (secondary N) is 1. The van der Waals surface area contributed by atoms with Crippen LogP contribution in [-0.4, -0.2) is 45.3 Å². The zero-order valence-corrected chi connectivity index (χ0v) is 18.3. The van der Waals surface area contributed by atoms with Gasteiger partial charge in [-0.2, -0.15) is 5.10 Å². The zero-order valence-electron chi connectivity index (χ0n) is 16.0. The van der Waals surface area contributed by atoms with E-state index in [-0.39, 0.29) is 24.0 Å². The van der Waals surface area contributed by atoms with Gasteiger partial charge in [0.1, 0.15) is 0 Å². The maximum absolute atomic E-state index is 4.76. The van der Waals surface area contributed by atoms with Crippen molar-refractivity contribution in [3.63, 3.8) is 0 Å². The summed E-state index contributed by atoms with van der Waals surface area (Å²) in [5.74, 6) is 0.951. The van der Waals surface area contributed by atoms with Crippen LogP contribution in [0.2, 0.25) is 0 Å². The first-order valence-electron chi connectivity index (χ1n) is 8.62. The van der Waals surface area contributed by atoms with Gasteiger partial charge >= 0.3 is 0 Å². The molecular formula is C18H31IN6. The Morgan fingerprint density at radius 2 is 2.12 bits per heavy atom. The zero-order chi connectivity index (χ0) is 17.5. The smallest absolute Gasteiger partial charge is 0.194 e. The molecule has 2 rings (SSSR count). The van der Waals surface area contributed by atoms with Gasteiger partial charge in [0.15, 0.2) is 5.96 Å². The quantitative estimate of drug-likeness (QED) is 0.301. The van der Waals surface area contributed by atoms with Gasteiger partial charge < -0.3 is 14.8 Å². The predicted octanol–water partition coefficient (Wildman–Crippen LogP) is 2.94. The molecule has 1 N–H and O–H groups in total. The first-order chi connectivity index (χ1) is 11.5. The molecule has 0 amide bonds. The van der Waals surface area contributed by atoms with Crippen molar-refractivity contribution in [3.05, 3.63) is 41.5 Å². The SMILES string of the molecule is CCNC(=NCCCn1nc(C)cc1C)N(C)Cc1cccn1C.I. The largest absolute Gasteiger partial charge is 0.357 e. The second-order valence-electron chi connectivity index (χ2n) is 6.21. The lowest BCUT2D eigenvalue weighted by Gasteiger charge is -2.22. The first-order valence-corrected chi connectivity index (χ1v) is 8.62. The van der Waals surface area contributed by atoms with Crippen LogP contribution in [0.5, 0.6) is 0 Å². The lowest BCUT2D eigenvalue weighted by Crippen LogP contribution is -2.39. The van der Waals surface area contributed by atoms with E-state index in [0.29, 0.717) is 0 Å². The number of aliphatic imine (C=N–C) groups is 1. The molecule has 6 nitrogen and oxygen atoms in total. The van der Waals surface area contributed by atoms with E-state index in [1.807, 2.05) is 6.92 Å². The van der Waals surface area contributed by atoms with Gasteiger partial charge in [-0.05, 0) is 45.4 Å². The van der Waals surface area contributed by atoms with Crippen molar-refractivity contribution in [1.82, 2.24) is 24.6 Å². The second kappa shape index (κ2) is 10.5. The number of nitrogens with zero attached hydrogens (tertiary/aromatic N) is 5. The summed E-state index contributed by atoms with van der Waals surface area (Å²) in [7, 11) is 4.15. The highest BCUT2D eigenvalue weighted by atomic mass is 127. The van der Waals surface area contributed by atoms with E-state index in [9.17, 15) is 0 Å². The molecular weight excluding hydrogens is 427 g/mol. The van der Waals surface area contributed by atoms with Crippen molar-refractivity contribution in [2.24, 2.45) is 12.0 Å². The van der Waals surface area contributed by atoms with Crippen molar-refractivity contribution < 1.29 is 0 Å². The molecule has 2 aromatic heterocycles. The number of aromatic nitrogens is 3. The highest BCUT2D eigenvalue weighted by Crippen LogP contribution is 2.05. The van der Waals surface area contributed by atoms with E-state index in [1.54, 1.807) is 0 Å². The van der Waals surface area contributed by atoms with Crippen LogP contribution in [0.25, 0.3) is 0 Å². The van der Waals surface area contributed by atoms with Crippen LogP contribution in [0.4, 0.5) is 0 Å². The number of halogens is 1. The molecule has 0 radical (unpaired) electrons. The fourth-order valence-electron chi connectivity index (χ4n) is 2.76. The number of guanidine groups is 1. The van der Waals surface area contributed by atoms with E-state index in [1.165, 1.54) is 11.4 Å². The molecule has 0 aliphatic carbocycles. The van der Waals surface area contributed by atoms with Gasteiger partial charge in [0, 0.05) is 51.3 Å². The maximum Gasteiger partial charge on any atom is 0.194 e. The number of aryl methyl sites for hydroxylation is 4. The van der Waals surface area contributed by atoms with Crippen LogP contribution in [-0.2, 0) is 20.1 Å². The Morgan fingerprint density at radius 3 is 2.68 bits per heavy atom. The Bertz CT molecular complexity index is 673. The molecule has 0 spiro atoms. The van der Waals surface area contributed by atoms with Crippen LogP contribution in [0.15, 0.2) is 29.4 Å². The van der Waals surface area contributed by atoms with Gasteiger partial charge in [-0.1, -0.05) is 0 Å².